The molecule has 0 N–H and O–H groups in total. The van der Waals surface area contributed by atoms with Crippen LogP contribution in [-0.4, -0.2) is 82.3 Å². The average molecular weight is 1410 g/mol. The molecule has 0 spiro atoms. The Morgan fingerprint density at radius 1 is 0.307 bits per heavy atom. The van der Waals surface area contributed by atoms with Crippen molar-refractivity contribution in [2.24, 2.45) is 0 Å². The lowest BCUT2D eigenvalue weighted by Gasteiger charge is -2.26. The molecular formula is C92H161NO8. The molecule has 0 saturated carbocycles. The lowest BCUT2D eigenvalue weighted by molar-refractivity contribution is -0.870. The van der Waals surface area contributed by atoms with Crippen LogP contribution in [-0.2, 0) is 33.3 Å². The van der Waals surface area contributed by atoms with Crippen LogP contribution in [0.25, 0.3) is 0 Å². The van der Waals surface area contributed by atoms with Crippen molar-refractivity contribution in [2.45, 2.75) is 399 Å². The monoisotopic (exact) mass is 1410 g/mol. The maximum Gasteiger partial charge on any atom is 0.306 e. The Balaban J connectivity index is 4.01. The average Bonchev–Trinajstić information content (AvgIpc) is 1.21. The van der Waals surface area contributed by atoms with Gasteiger partial charge in [-0.15, -0.1) is 0 Å². The van der Waals surface area contributed by atoms with Gasteiger partial charge in [-0.05, 0) is 109 Å². The third-order valence-corrected chi connectivity index (χ3v) is 18.7. The number of quaternary nitrogens is 1. The standard InChI is InChI=1S/C92H161NO8/c1-6-8-10-12-14-16-18-20-22-24-26-28-30-32-34-36-38-40-42-44-45-47-49-51-53-55-57-59-61-63-65-67-69-71-73-75-77-79-81-83-90(95)101-88(87-100-92(91(96)97)98-85-84-93(3,4)5)86-99-89(94)82-80-78-76-74-72-70-68-66-64-62-60-58-56-54-52-50-48-46-43-41-39-37-35-33-31-29-27-25-23-21-19-17-15-13-11-9-7-2/h8,10,14,16,20,22,25-28,32,34,38,40,44-45,49,51,55,57,88,92H,6-7,9,11-13,15,17-19,21,23-24,29-31,33,35-37,39,41-43,46-48,50,52-54,56,58-87H2,1-5H3/b10-8-,16-14-,22-20-,27-25-,28-26-,34-32-,40-38-,45-44-,51-49-,57-55-. The van der Waals surface area contributed by atoms with Crippen LogP contribution in [0, 0.1) is 0 Å². The number of carboxylic acid groups (broad SMARTS) is 1. The summed E-state index contributed by atoms with van der Waals surface area (Å²) in [5.41, 5.74) is 0. The Labute approximate surface area is 625 Å². The molecule has 9 nitrogen and oxygen atoms in total. The van der Waals surface area contributed by atoms with E-state index in [2.05, 4.69) is 135 Å². The van der Waals surface area contributed by atoms with Gasteiger partial charge >= 0.3 is 11.9 Å². The molecule has 0 heterocycles. The zero-order chi connectivity index (χ0) is 73.2. The van der Waals surface area contributed by atoms with Crippen LogP contribution >= 0.6 is 0 Å². The van der Waals surface area contributed by atoms with Gasteiger partial charge in [0.05, 0.1) is 40.3 Å². The number of carbonyl (C=O) groups excluding carboxylic acids is 3. The molecule has 0 rings (SSSR count). The highest BCUT2D eigenvalue weighted by Gasteiger charge is 2.22. The Morgan fingerprint density at radius 2 is 0.564 bits per heavy atom. The lowest BCUT2D eigenvalue weighted by atomic mass is 10.0. The fourth-order valence-corrected chi connectivity index (χ4v) is 12.2. The fourth-order valence-electron chi connectivity index (χ4n) is 12.2. The smallest absolute Gasteiger partial charge is 0.306 e. The quantitative estimate of drug-likeness (QED) is 0.0195. The van der Waals surface area contributed by atoms with Crippen LogP contribution < -0.4 is 5.11 Å². The van der Waals surface area contributed by atoms with Gasteiger partial charge in [0.25, 0.3) is 0 Å². The number of esters is 2. The SMILES string of the molecule is CC/C=C\C/C=C\C/C=C\C/C=C\C/C=C\C/C=C\C/C=C\C/C=C\C/C=C\CCCCCCCCCCCCCC(=O)OC(COC(=O)CCCCCCCCCCCCCCCCCCCCCCCCCCC/C=C\CCCCCCCCCC)COC(OCC[N+](C)(C)C)C(=O)[O-]. The predicted molar refractivity (Wildman–Crippen MR) is 435 cm³/mol. The lowest BCUT2D eigenvalue weighted by Crippen LogP contribution is -2.44. The minimum atomic E-state index is -1.63. The number of unbranched alkanes of at least 4 members (excludes halogenated alkanes) is 44. The van der Waals surface area contributed by atoms with E-state index >= 15 is 0 Å². The molecule has 0 aliphatic carbocycles. The molecule has 2 unspecified atom stereocenters. The van der Waals surface area contributed by atoms with Crippen LogP contribution in [0.5, 0.6) is 0 Å². The number of aliphatic carboxylic acids is 1. The highest BCUT2D eigenvalue weighted by atomic mass is 16.7. The molecule has 0 bridgehead atoms. The Kier molecular flexibility index (Phi) is 77.9. The maximum absolute atomic E-state index is 13.0. The second-order valence-electron chi connectivity index (χ2n) is 29.7. The van der Waals surface area contributed by atoms with E-state index in [0.717, 1.165) is 103 Å². The second-order valence-corrected chi connectivity index (χ2v) is 29.7. The second kappa shape index (κ2) is 81.4. The van der Waals surface area contributed by atoms with Crippen LogP contribution in [0.4, 0.5) is 0 Å². The maximum atomic E-state index is 13.0. The number of hydrogen-bond donors (Lipinski definition) is 0. The van der Waals surface area contributed by atoms with Crippen molar-refractivity contribution < 1.29 is 42.9 Å². The summed E-state index contributed by atoms with van der Waals surface area (Å²) in [4.78, 5) is 37.7. The van der Waals surface area contributed by atoms with Crippen molar-refractivity contribution in [3.8, 4) is 0 Å². The largest absolute Gasteiger partial charge is 0.545 e. The zero-order valence-corrected chi connectivity index (χ0v) is 66.8. The van der Waals surface area contributed by atoms with Gasteiger partial charge in [0, 0.05) is 12.8 Å². The molecule has 582 valence electrons. The first-order chi connectivity index (χ1) is 49.6. The van der Waals surface area contributed by atoms with Crippen LogP contribution in [0.1, 0.15) is 386 Å². The summed E-state index contributed by atoms with van der Waals surface area (Å²) in [6, 6.07) is 0. The first-order valence-electron chi connectivity index (χ1n) is 42.7. The number of carboxylic acids is 1. The Bertz CT molecular complexity index is 2090. The summed E-state index contributed by atoms with van der Waals surface area (Å²) in [5.74, 6) is -2.27. The predicted octanol–water partition coefficient (Wildman–Crippen LogP) is 26.5. The molecule has 0 aromatic heterocycles. The number of allylic oxidation sites excluding steroid dienone is 20. The van der Waals surface area contributed by atoms with Crippen LogP contribution in [0.15, 0.2) is 122 Å². The zero-order valence-electron chi connectivity index (χ0n) is 66.8. The number of nitrogens with zero attached hydrogens (tertiary/aromatic N) is 1. The molecule has 0 aromatic rings. The number of rotatable bonds is 79. The van der Waals surface area contributed by atoms with E-state index in [0.29, 0.717) is 23.9 Å². The molecule has 2 atom stereocenters. The van der Waals surface area contributed by atoms with E-state index in [9.17, 15) is 19.5 Å². The van der Waals surface area contributed by atoms with Gasteiger partial charge in [-0.3, -0.25) is 9.59 Å². The topological polar surface area (TPSA) is 111 Å². The van der Waals surface area contributed by atoms with E-state index in [1.54, 1.807) is 0 Å². The van der Waals surface area contributed by atoms with Crippen molar-refractivity contribution in [1.82, 2.24) is 0 Å². The minimum absolute atomic E-state index is 0.144. The van der Waals surface area contributed by atoms with Crippen molar-refractivity contribution in [3.63, 3.8) is 0 Å². The molecule has 9 heteroatoms. The summed E-state index contributed by atoms with van der Waals surface area (Å²) in [5, 5.41) is 11.9. The first-order valence-corrected chi connectivity index (χ1v) is 42.7. The van der Waals surface area contributed by atoms with Gasteiger partial charge in [0.15, 0.2) is 12.4 Å². The molecule has 0 aromatic carbocycles. The van der Waals surface area contributed by atoms with Gasteiger partial charge in [-0.2, -0.15) is 0 Å². The van der Waals surface area contributed by atoms with Gasteiger partial charge < -0.3 is 33.3 Å². The van der Waals surface area contributed by atoms with Crippen molar-refractivity contribution in [2.75, 3.05) is 47.5 Å². The molecule has 101 heavy (non-hydrogen) atoms. The van der Waals surface area contributed by atoms with Crippen molar-refractivity contribution >= 4 is 17.9 Å². The fraction of sp³-hybridized carbons (Fsp3) is 0.750. The van der Waals surface area contributed by atoms with Gasteiger partial charge in [-0.1, -0.05) is 386 Å². The number of likely N-dealkylation sites (N-methyl/N-ethyl adjacent to an activating group) is 1. The van der Waals surface area contributed by atoms with E-state index in [1.807, 2.05) is 21.1 Å². The summed E-state index contributed by atoms with van der Waals surface area (Å²) in [6.07, 6.45) is 113. The van der Waals surface area contributed by atoms with Gasteiger partial charge in [0.2, 0.25) is 0 Å². The van der Waals surface area contributed by atoms with E-state index < -0.39 is 24.3 Å². The summed E-state index contributed by atoms with van der Waals surface area (Å²) >= 11 is 0. The Hall–Kier alpha value is -4.31. The molecule has 0 saturated heterocycles. The normalized spacial score (nSPS) is 13.2. The van der Waals surface area contributed by atoms with Crippen LogP contribution in [0.2, 0.25) is 0 Å². The van der Waals surface area contributed by atoms with E-state index in [4.69, 9.17) is 18.9 Å². The molecule has 0 fully saturated rings. The third kappa shape index (κ3) is 82.8. The first kappa shape index (κ1) is 96.7. The van der Waals surface area contributed by atoms with Gasteiger partial charge in [-0.25, -0.2) is 0 Å². The van der Waals surface area contributed by atoms with E-state index in [1.165, 1.54) is 250 Å². The Morgan fingerprint density at radius 3 is 0.851 bits per heavy atom. The molecule has 0 aliphatic heterocycles. The van der Waals surface area contributed by atoms with Crippen molar-refractivity contribution in [3.05, 3.63) is 122 Å². The highest BCUT2D eigenvalue weighted by molar-refractivity contribution is 5.70. The molecular weight excluding hydrogens is 1250 g/mol. The minimum Gasteiger partial charge on any atom is -0.545 e. The summed E-state index contributed by atoms with van der Waals surface area (Å²) in [7, 11) is 5.94. The van der Waals surface area contributed by atoms with Crippen LogP contribution in [0.3, 0.4) is 0 Å². The molecule has 0 aliphatic rings. The number of ether oxygens (including phenoxy) is 4. The summed E-state index contributed by atoms with van der Waals surface area (Å²) < 4.78 is 22.9. The number of carbonyl (C=O) groups is 3. The number of hydrogen-bond acceptors (Lipinski definition) is 8. The van der Waals surface area contributed by atoms with E-state index in [-0.39, 0.29) is 32.2 Å². The summed E-state index contributed by atoms with van der Waals surface area (Å²) in [6.45, 7) is 4.67. The molecule has 0 amide bonds. The highest BCUT2D eigenvalue weighted by Crippen LogP contribution is 2.19. The molecule has 0 radical (unpaired) electrons. The van der Waals surface area contributed by atoms with Crippen molar-refractivity contribution in [1.29, 1.82) is 0 Å². The third-order valence-electron chi connectivity index (χ3n) is 18.7. The van der Waals surface area contributed by atoms with Gasteiger partial charge in [0.1, 0.15) is 13.2 Å².